The minimum absolute atomic E-state index is 0.0260. The highest BCUT2D eigenvalue weighted by molar-refractivity contribution is 5.94. The summed E-state index contributed by atoms with van der Waals surface area (Å²) < 4.78 is 6.97. The Balaban J connectivity index is 1.82. The van der Waals surface area contributed by atoms with Crippen LogP contribution in [0.15, 0.2) is 10.6 Å². The summed E-state index contributed by atoms with van der Waals surface area (Å²) in [5, 5.41) is 11.3. The van der Waals surface area contributed by atoms with Gasteiger partial charge >= 0.3 is 0 Å². The first-order valence-corrected chi connectivity index (χ1v) is 8.92. The average molecular weight is 345 g/mol. The van der Waals surface area contributed by atoms with Gasteiger partial charge in [0.2, 0.25) is 5.91 Å². The molecule has 2 aromatic rings. The minimum atomic E-state index is -0.191. The number of aryl methyl sites for hydroxylation is 3. The predicted octanol–water partition coefficient (Wildman–Crippen LogP) is 2.89. The van der Waals surface area contributed by atoms with Gasteiger partial charge in [0.1, 0.15) is 5.76 Å². The van der Waals surface area contributed by atoms with Gasteiger partial charge in [0.05, 0.1) is 11.7 Å². The third kappa shape index (κ3) is 3.33. The number of hydrogen-bond acceptors (Lipinski definition) is 5. The van der Waals surface area contributed by atoms with Crippen molar-refractivity contribution >= 4 is 11.7 Å². The van der Waals surface area contributed by atoms with Crippen LogP contribution in [0.4, 0.5) is 5.82 Å². The van der Waals surface area contributed by atoms with Crippen molar-refractivity contribution in [2.24, 2.45) is 7.05 Å². The molecule has 1 aliphatic heterocycles. The molecule has 0 saturated carbocycles. The Morgan fingerprint density at radius 3 is 2.76 bits per heavy atom. The Morgan fingerprint density at radius 1 is 1.44 bits per heavy atom. The van der Waals surface area contributed by atoms with E-state index in [2.05, 4.69) is 41.2 Å². The first-order chi connectivity index (χ1) is 11.9. The van der Waals surface area contributed by atoms with Gasteiger partial charge in [-0.1, -0.05) is 12.1 Å². The van der Waals surface area contributed by atoms with E-state index in [1.54, 1.807) is 6.07 Å². The molecule has 136 valence electrons. The monoisotopic (exact) mass is 345 g/mol. The quantitative estimate of drug-likeness (QED) is 0.902. The second-order valence-electron chi connectivity index (χ2n) is 6.84. The standard InChI is InChI=1S/C18H27N5O2/c1-6-14(18(24)19-16-10-11(2)25-21-16)23-9-7-8-15(23)17-12(3)20-22(5)13(17)4/h10,14-15H,6-9H2,1-5H3,(H,19,21,24)/t14-,15+/m0/s1. The van der Waals surface area contributed by atoms with Gasteiger partial charge in [-0.25, -0.2) is 0 Å². The summed E-state index contributed by atoms with van der Waals surface area (Å²) in [7, 11) is 1.97. The second kappa shape index (κ2) is 7.00. The van der Waals surface area contributed by atoms with E-state index in [9.17, 15) is 4.79 Å². The number of amides is 1. The molecular weight excluding hydrogens is 318 g/mol. The zero-order chi connectivity index (χ0) is 18.1. The molecule has 7 heteroatoms. The smallest absolute Gasteiger partial charge is 0.242 e. The van der Waals surface area contributed by atoms with Gasteiger partial charge in [-0.15, -0.1) is 0 Å². The molecule has 1 fully saturated rings. The fraction of sp³-hybridized carbons (Fsp3) is 0.611. The lowest BCUT2D eigenvalue weighted by Gasteiger charge is -2.31. The predicted molar refractivity (Wildman–Crippen MR) is 95.3 cm³/mol. The third-order valence-corrected chi connectivity index (χ3v) is 5.16. The second-order valence-corrected chi connectivity index (χ2v) is 6.84. The van der Waals surface area contributed by atoms with Gasteiger partial charge in [0, 0.05) is 30.4 Å². The molecule has 3 rings (SSSR count). The van der Waals surface area contributed by atoms with Gasteiger partial charge in [0.15, 0.2) is 5.82 Å². The van der Waals surface area contributed by atoms with Crippen molar-refractivity contribution in [2.45, 2.75) is 59.0 Å². The van der Waals surface area contributed by atoms with Gasteiger partial charge in [-0.05, 0) is 46.6 Å². The van der Waals surface area contributed by atoms with E-state index in [1.807, 2.05) is 18.7 Å². The topological polar surface area (TPSA) is 76.2 Å². The van der Waals surface area contributed by atoms with Crippen LogP contribution in [0.25, 0.3) is 0 Å². The van der Waals surface area contributed by atoms with Gasteiger partial charge in [-0.3, -0.25) is 14.4 Å². The molecule has 0 bridgehead atoms. The number of aromatic nitrogens is 3. The third-order valence-electron chi connectivity index (χ3n) is 5.16. The normalized spacial score (nSPS) is 19.3. The fourth-order valence-electron chi connectivity index (χ4n) is 3.95. The van der Waals surface area contributed by atoms with Crippen molar-refractivity contribution in [1.82, 2.24) is 19.8 Å². The number of carbonyl (C=O) groups is 1. The van der Waals surface area contributed by atoms with E-state index in [0.29, 0.717) is 11.6 Å². The number of carbonyl (C=O) groups excluding carboxylic acids is 1. The molecule has 7 nitrogen and oxygen atoms in total. The molecule has 0 aliphatic carbocycles. The lowest BCUT2D eigenvalue weighted by molar-refractivity contribution is -0.121. The lowest BCUT2D eigenvalue weighted by Crippen LogP contribution is -2.43. The van der Waals surface area contributed by atoms with E-state index in [0.717, 1.165) is 31.5 Å². The molecule has 1 aliphatic rings. The van der Waals surface area contributed by atoms with Crippen molar-refractivity contribution in [3.05, 3.63) is 28.8 Å². The van der Waals surface area contributed by atoms with Gasteiger partial charge < -0.3 is 9.84 Å². The van der Waals surface area contributed by atoms with Crippen LogP contribution in [0.1, 0.15) is 54.9 Å². The summed E-state index contributed by atoms with van der Waals surface area (Å²) in [4.78, 5) is 15.2. The SMILES string of the molecule is CC[C@@H](C(=O)Nc1cc(C)on1)N1CCC[C@@H]1c1c(C)nn(C)c1C. The highest BCUT2D eigenvalue weighted by Crippen LogP contribution is 2.37. The van der Waals surface area contributed by atoms with Crippen molar-refractivity contribution < 1.29 is 9.32 Å². The van der Waals surface area contributed by atoms with Crippen LogP contribution >= 0.6 is 0 Å². The highest BCUT2D eigenvalue weighted by atomic mass is 16.5. The van der Waals surface area contributed by atoms with Crippen molar-refractivity contribution in [1.29, 1.82) is 0 Å². The summed E-state index contributed by atoms with van der Waals surface area (Å²) in [5.41, 5.74) is 3.50. The molecular formula is C18H27N5O2. The molecule has 1 N–H and O–H groups in total. The van der Waals surface area contributed by atoms with E-state index in [-0.39, 0.29) is 18.0 Å². The van der Waals surface area contributed by atoms with Crippen molar-refractivity contribution in [3.63, 3.8) is 0 Å². The van der Waals surface area contributed by atoms with Crippen LogP contribution in [-0.4, -0.2) is 38.3 Å². The first-order valence-electron chi connectivity index (χ1n) is 8.92. The summed E-state index contributed by atoms with van der Waals surface area (Å²) in [5.74, 6) is 1.14. The lowest BCUT2D eigenvalue weighted by atomic mass is 10.0. The Morgan fingerprint density at radius 2 is 2.20 bits per heavy atom. The van der Waals surface area contributed by atoms with E-state index in [4.69, 9.17) is 4.52 Å². The maximum Gasteiger partial charge on any atom is 0.242 e. The first kappa shape index (κ1) is 17.7. The molecule has 0 aromatic carbocycles. The molecule has 0 spiro atoms. The molecule has 1 amide bonds. The molecule has 0 radical (unpaired) electrons. The number of nitrogens with zero attached hydrogens (tertiary/aromatic N) is 4. The number of nitrogens with one attached hydrogen (secondary N) is 1. The Bertz CT molecular complexity index is 764. The molecule has 2 aromatic heterocycles. The number of rotatable bonds is 5. The van der Waals surface area contributed by atoms with Crippen LogP contribution in [0, 0.1) is 20.8 Å². The van der Waals surface area contributed by atoms with E-state index < -0.39 is 0 Å². The number of hydrogen-bond donors (Lipinski definition) is 1. The zero-order valence-corrected chi connectivity index (χ0v) is 15.7. The van der Waals surface area contributed by atoms with Crippen LogP contribution in [0.2, 0.25) is 0 Å². The minimum Gasteiger partial charge on any atom is -0.360 e. The molecule has 25 heavy (non-hydrogen) atoms. The largest absolute Gasteiger partial charge is 0.360 e. The maximum atomic E-state index is 12.8. The fourth-order valence-corrected chi connectivity index (χ4v) is 3.95. The van der Waals surface area contributed by atoms with Crippen LogP contribution in [-0.2, 0) is 11.8 Å². The summed E-state index contributed by atoms with van der Waals surface area (Å²) in [6.07, 6.45) is 2.89. The van der Waals surface area contributed by atoms with Crippen LogP contribution < -0.4 is 5.32 Å². The summed E-state index contributed by atoms with van der Waals surface area (Å²) in [6.45, 7) is 8.94. The average Bonchev–Trinajstić information content (AvgIpc) is 3.23. The van der Waals surface area contributed by atoms with Crippen LogP contribution in [0.5, 0.6) is 0 Å². The van der Waals surface area contributed by atoms with Gasteiger partial charge in [-0.2, -0.15) is 5.10 Å². The Labute approximate surface area is 148 Å². The van der Waals surface area contributed by atoms with Crippen molar-refractivity contribution in [2.75, 3.05) is 11.9 Å². The number of anilines is 1. The maximum absolute atomic E-state index is 12.8. The summed E-state index contributed by atoms with van der Waals surface area (Å²) >= 11 is 0. The molecule has 1 saturated heterocycles. The van der Waals surface area contributed by atoms with Crippen molar-refractivity contribution in [3.8, 4) is 0 Å². The van der Waals surface area contributed by atoms with Gasteiger partial charge in [0.25, 0.3) is 0 Å². The van der Waals surface area contributed by atoms with E-state index >= 15 is 0 Å². The number of likely N-dealkylation sites (tertiary alicyclic amines) is 1. The highest BCUT2D eigenvalue weighted by Gasteiger charge is 2.37. The van der Waals surface area contributed by atoms with Crippen LogP contribution in [0.3, 0.4) is 0 Å². The molecule has 0 unspecified atom stereocenters. The summed E-state index contributed by atoms with van der Waals surface area (Å²) in [6, 6.07) is 1.79. The molecule has 2 atom stereocenters. The Kier molecular flexibility index (Phi) is 4.94. The Hall–Kier alpha value is -2.15. The molecule has 3 heterocycles. The zero-order valence-electron chi connectivity index (χ0n) is 15.7. The van der Waals surface area contributed by atoms with E-state index in [1.165, 1.54) is 11.3 Å².